The first-order chi connectivity index (χ1) is 6.75. The van der Waals surface area contributed by atoms with Crippen molar-refractivity contribution in [2.24, 2.45) is 0 Å². The van der Waals surface area contributed by atoms with E-state index in [1.54, 1.807) is 0 Å². The molecule has 2 aromatic rings. The molecule has 70 valence electrons. The lowest BCUT2D eigenvalue weighted by Gasteiger charge is -2.02. The molecule has 0 aliphatic heterocycles. The predicted molar refractivity (Wildman–Crippen MR) is 67.1 cm³/mol. The molecule has 0 bridgehead atoms. The molecule has 1 heterocycles. The maximum absolute atomic E-state index is 4.17. The van der Waals surface area contributed by atoms with Crippen molar-refractivity contribution < 1.29 is 0 Å². The van der Waals surface area contributed by atoms with Crippen LogP contribution in [-0.2, 0) is 0 Å². The molecule has 0 aliphatic rings. The van der Waals surface area contributed by atoms with Gasteiger partial charge in [0.05, 0.1) is 0 Å². The van der Waals surface area contributed by atoms with Crippen molar-refractivity contribution in [2.45, 2.75) is 6.92 Å². The van der Waals surface area contributed by atoms with E-state index >= 15 is 0 Å². The molecular formula is C12H10IN. The van der Waals surface area contributed by atoms with E-state index < -0.39 is 0 Å². The topological polar surface area (TPSA) is 12.9 Å². The summed E-state index contributed by atoms with van der Waals surface area (Å²) in [5.41, 5.74) is 3.77. The highest BCUT2D eigenvalue weighted by Gasteiger charge is 1.98. The van der Waals surface area contributed by atoms with E-state index in [0.29, 0.717) is 0 Å². The molecule has 0 atom stereocenters. The van der Waals surface area contributed by atoms with Gasteiger partial charge in [-0.3, -0.25) is 4.98 Å². The fraction of sp³-hybridized carbons (Fsp3) is 0.0833. The molecule has 1 nitrogen and oxygen atoms in total. The first-order valence-electron chi connectivity index (χ1n) is 4.44. The van der Waals surface area contributed by atoms with E-state index in [-0.39, 0.29) is 0 Å². The van der Waals surface area contributed by atoms with E-state index in [9.17, 15) is 0 Å². The fourth-order valence-corrected chi connectivity index (χ4v) is 1.90. The molecule has 0 saturated carbocycles. The van der Waals surface area contributed by atoms with Crippen molar-refractivity contribution in [2.75, 3.05) is 0 Å². The van der Waals surface area contributed by atoms with E-state index in [1.165, 1.54) is 16.7 Å². The summed E-state index contributed by atoms with van der Waals surface area (Å²) in [5, 5.41) is 0. The Bertz CT molecular complexity index is 408. The minimum absolute atomic E-state index is 1.03. The Labute approximate surface area is 97.3 Å². The van der Waals surface area contributed by atoms with Gasteiger partial charge in [0.2, 0.25) is 0 Å². The summed E-state index contributed by atoms with van der Waals surface area (Å²) < 4.78 is 1.03. The summed E-state index contributed by atoms with van der Waals surface area (Å²) in [6.45, 7) is 2.11. The van der Waals surface area contributed by atoms with E-state index in [2.05, 4.69) is 64.8 Å². The van der Waals surface area contributed by atoms with Gasteiger partial charge in [0.25, 0.3) is 0 Å². The van der Waals surface area contributed by atoms with Crippen LogP contribution in [0.2, 0.25) is 0 Å². The molecule has 0 spiro atoms. The molecule has 0 radical (unpaired) electrons. The van der Waals surface area contributed by atoms with Gasteiger partial charge >= 0.3 is 0 Å². The number of hydrogen-bond donors (Lipinski definition) is 0. The second kappa shape index (κ2) is 4.09. The zero-order valence-corrected chi connectivity index (χ0v) is 10.0. The SMILES string of the molecule is Cc1cccc(-c2ccnc(I)c2)c1. The molecule has 0 aliphatic carbocycles. The van der Waals surface area contributed by atoms with Crippen LogP contribution in [0.25, 0.3) is 11.1 Å². The lowest BCUT2D eigenvalue weighted by Crippen LogP contribution is -1.83. The van der Waals surface area contributed by atoms with E-state index in [1.807, 2.05) is 12.3 Å². The Morgan fingerprint density at radius 3 is 2.57 bits per heavy atom. The van der Waals surface area contributed by atoms with Crippen LogP contribution in [0.5, 0.6) is 0 Å². The third-order valence-corrected chi connectivity index (χ3v) is 2.67. The van der Waals surface area contributed by atoms with Crippen LogP contribution in [0.15, 0.2) is 42.6 Å². The monoisotopic (exact) mass is 295 g/mol. The van der Waals surface area contributed by atoms with E-state index in [0.717, 1.165) is 3.70 Å². The van der Waals surface area contributed by atoms with Crippen LogP contribution in [0.1, 0.15) is 5.56 Å². The number of aryl methyl sites for hydroxylation is 1. The summed E-state index contributed by atoms with van der Waals surface area (Å²) in [5.74, 6) is 0. The average Bonchev–Trinajstić information content (AvgIpc) is 2.18. The van der Waals surface area contributed by atoms with E-state index in [4.69, 9.17) is 0 Å². The van der Waals surface area contributed by atoms with Crippen molar-refractivity contribution in [3.63, 3.8) is 0 Å². The van der Waals surface area contributed by atoms with Crippen molar-refractivity contribution >= 4 is 22.6 Å². The second-order valence-corrected chi connectivity index (χ2v) is 4.34. The fourth-order valence-electron chi connectivity index (χ4n) is 1.41. The summed E-state index contributed by atoms with van der Waals surface area (Å²) >= 11 is 2.23. The van der Waals surface area contributed by atoms with Crippen LogP contribution in [0, 0.1) is 10.6 Å². The second-order valence-electron chi connectivity index (χ2n) is 3.24. The largest absolute Gasteiger partial charge is 0.250 e. The van der Waals surface area contributed by atoms with Gasteiger partial charge in [-0.2, -0.15) is 0 Å². The van der Waals surface area contributed by atoms with Crippen molar-refractivity contribution in [3.8, 4) is 11.1 Å². The van der Waals surface area contributed by atoms with Crippen LogP contribution in [0.3, 0.4) is 0 Å². The van der Waals surface area contributed by atoms with Gasteiger partial charge in [-0.05, 0) is 52.8 Å². The number of pyridine rings is 1. The molecule has 2 heteroatoms. The highest BCUT2D eigenvalue weighted by molar-refractivity contribution is 14.1. The molecule has 0 unspecified atom stereocenters. The van der Waals surface area contributed by atoms with Gasteiger partial charge in [-0.15, -0.1) is 0 Å². The number of rotatable bonds is 1. The maximum Gasteiger partial charge on any atom is 0.101 e. The molecule has 2 rings (SSSR count). The number of benzene rings is 1. The van der Waals surface area contributed by atoms with Gasteiger partial charge in [0.15, 0.2) is 0 Å². The van der Waals surface area contributed by atoms with Gasteiger partial charge in [-0.1, -0.05) is 29.8 Å². The first-order valence-corrected chi connectivity index (χ1v) is 5.52. The summed E-state index contributed by atoms with van der Waals surface area (Å²) in [7, 11) is 0. The predicted octanol–water partition coefficient (Wildman–Crippen LogP) is 3.66. The molecule has 0 amide bonds. The Kier molecular flexibility index (Phi) is 2.82. The van der Waals surface area contributed by atoms with Gasteiger partial charge in [-0.25, -0.2) is 0 Å². The van der Waals surface area contributed by atoms with Crippen LogP contribution in [-0.4, -0.2) is 4.98 Å². The third kappa shape index (κ3) is 2.12. The average molecular weight is 295 g/mol. The summed E-state index contributed by atoms with van der Waals surface area (Å²) in [6, 6.07) is 12.6. The quantitative estimate of drug-likeness (QED) is 0.578. The highest BCUT2D eigenvalue weighted by atomic mass is 127. The summed E-state index contributed by atoms with van der Waals surface area (Å²) in [4.78, 5) is 4.17. The zero-order chi connectivity index (χ0) is 9.97. The Morgan fingerprint density at radius 2 is 1.86 bits per heavy atom. The minimum Gasteiger partial charge on any atom is -0.250 e. The maximum atomic E-state index is 4.17. The normalized spacial score (nSPS) is 10.1. The summed E-state index contributed by atoms with van der Waals surface area (Å²) in [6.07, 6.45) is 1.85. The van der Waals surface area contributed by atoms with Gasteiger partial charge < -0.3 is 0 Å². The molecule has 14 heavy (non-hydrogen) atoms. The zero-order valence-electron chi connectivity index (χ0n) is 7.87. The van der Waals surface area contributed by atoms with Crippen molar-refractivity contribution in [3.05, 3.63) is 51.9 Å². The van der Waals surface area contributed by atoms with Crippen LogP contribution < -0.4 is 0 Å². The molecule has 1 aromatic heterocycles. The minimum atomic E-state index is 1.03. The number of aromatic nitrogens is 1. The van der Waals surface area contributed by atoms with Crippen LogP contribution in [0.4, 0.5) is 0 Å². The molecule has 0 fully saturated rings. The Morgan fingerprint density at radius 1 is 1.07 bits per heavy atom. The smallest absolute Gasteiger partial charge is 0.101 e. The lowest BCUT2D eigenvalue weighted by molar-refractivity contribution is 1.27. The number of hydrogen-bond acceptors (Lipinski definition) is 1. The highest BCUT2D eigenvalue weighted by Crippen LogP contribution is 2.20. The molecule has 0 saturated heterocycles. The third-order valence-electron chi connectivity index (χ3n) is 2.08. The van der Waals surface area contributed by atoms with Gasteiger partial charge in [0.1, 0.15) is 3.70 Å². The Hall–Kier alpha value is -0.900. The number of halogens is 1. The van der Waals surface area contributed by atoms with Gasteiger partial charge in [0, 0.05) is 6.20 Å². The lowest BCUT2D eigenvalue weighted by atomic mass is 10.1. The van der Waals surface area contributed by atoms with Crippen molar-refractivity contribution in [1.82, 2.24) is 4.98 Å². The first kappa shape index (κ1) is 9.65. The Balaban J connectivity index is 2.49. The molecule has 0 N–H and O–H groups in total. The van der Waals surface area contributed by atoms with Crippen LogP contribution >= 0.6 is 22.6 Å². The molecule has 1 aromatic carbocycles. The number of nitrogens with zero attached hydrogens (tertiary/aromatic N) is 1. The molecular weight excluding hydrogens is 285 g/mol. The van der Waals surface area contributed by atoms with Crippen molar-refractivity contribution in [1.29, 1.82) is 0 Å². The standard InChI is InChI=1S/C12H10IN/c1-9-3-2-4-10(7-9)11-5-6-14-12(13)8-11/h2-8H,1H3.